The van der Waals surface area contributed by atoms with Crippen LogP contribution in [0.4, 0.5) is 0 Å². The van der Waals surface area contributed by atoms with E-state index < -0.39 is 0 Å². The molecule has 3 unspecified atom stereocenters. The Morgan fingerprint density at radius 2 is 1.69 bits per heavy atom. The van der Waals surface area contributed by atoms with Gasteiger partial charge in [-0.3, -0.25) is 0 Å². The van der Waals surface area contributed by atoms with Crippen LogP contribution in [0.2, 0.25) is 0 Å². The maximum atomic E-state index is 2.49. The van der Waals surface area contributed by atoms with Crippen molar-refractivity contribution in [1.29, 1.82) is 0 Å². The average Bonchev–Trinajstić information content (AvgIpc) is 2.18. The highest BCUT2D eigenvalue weighted by molar-refractivity contribution is 4.85. The molecule has 1 rings (SSSR count). The van der Waals surface area contributed by atoms with Crippen LogP contribution in [0.25, 0.3) is 0 Å². The summed E-state index contributed by atoms with van der Waals surface area (Å²) in [7, 11) is 0. The first kappa shape index (κ1) is 11.1. The summed E-state index contributed by atoms with van der Waals surface area (Å²) in [5.74, 6) is 2.05. The highest BCUT2D eigenvalue weighted by atomic mass is 14.4. The van der Waals surface area contributed by atoms with Crippen LogP contribution in [0.15, 0.2) is 0 Å². The molecule has 0 N–H and O–H groups in total. The number of hydrogen-bond donors (Lipinski definition) is 0. The zero-order chi connectivity index (χ0) is 9.90. The van der Waals surface area contributed by atoms with Gasteiger partial charge in [-0.25, -0.2) is 0 Å². The first-order valence-electron chi connectivity index (χ1n) is 6.15. The quantitative estimate of drug-likeness (QED) is 0.596. The molecule has 0 nitrogen and oxygen atoms in total. The molecule has 0 aromatic carbocycles. The summed E-state index contributed by atoms with van der Waals surface area (Å²) >= 11 is 0. The van der Waals surface area contributed by atoms with Crippen LogP contribution in [0.1, 0.15) is 66.2 Å². The fourth-order valence-corrected chi connectivity index (χ4v) is 3.01. The molecular weight excluding hydrogens is 156 g/mol. The van der Waals surface area contributed by atoms with E-state index in [2.05, 4.69) is 27.7 Å². The third kappa shape index (κ3) is 2.48. The Balaban J connectivity index is 2.57. The second kappa shape index (κ2) is 4.48. The second-order valence-corrected chi connectivity index (χ2v) is 5.24. The smallest absolute Gasteiger partial charge is 0.0326 e. The van der Waals surface area contributed by atoms with Gasteiger partial charge in [0.15, 0.2) is 0 Å². The molecule has 3 atom stereocenters. The summed E-state index contributed by atoms with van der Waals surface area (Å²) in [5, 5.41) is 0. The molecule has 1 aliphatic rings. The Bertz CT molecular complexity index is 150. The third-order valence-corrected chi connectivity index (χ3v) is 4.44. The lowest BCUT2D eigenvalue weighted by atomic mass is 9.64. The lowest BCUT2D eigenvalue weighted by Gasteiger charge is -2.42. The fourth-order valence-electron chi connectivity index (χ4n) is 3.01. The van der Waals surface area contributed by atoms with E-state index in [1.165, 1.54) is 38.5 Å². The Morgan fingerprint density at radius 3 is 2.15 bits per heavy atom. The van der Waals surface area contributed by atoms with Gasteiger partial charge in [0, 0.05) is 0 Å². The van der Waals surface area contributed by atoms with E-state index in [1.54, 1.807) is 0 Å². The van der Waals surface area contributed by atoms with Crippen LogP contribution < -0.4 is 0 Å². The molecule has 78 valence electrons. The van der Waals surface area contributed by atoms with Crippen LogP contribution in [-0.4, -0.2) is 0 Å². The summed E-state index contributed by atoms with van der Waals surface area (Å²) in [4.78, 5) is 0. The fraction of sp³-hybridized carbons (Fsp3) is 1.00. The maximum Gasteiger partial charge on any atom is -0.0326 e. The van der Waals surface area contributed by atoms with Crippen LogP contribution in [-0.2, 0) is 0 Å². The molecule has 0 aliphatic heterocycles. The summed E-state index contributed by atoms with van der Waals surface area (Å²) in [6.07, 6.45) is 8.61. The molecule has 0 spiro atoms. The van der Waals surface area contributed by atoms with Gasteiger partial charge in [-0.05, 0) is 36.5 Å². The first-order valence-corrected chi connectivity index (χ1v) is 6.15. The zero-order valence-electron chi connectivity index (χ0n) is 9.90. The van der Waals surface area contributed by atoms with Crippen LogP contribution >= 0.6 is 0 Å². The van der Waals surface area contributed by atoms with Crippen molar-refractivity contribution < 1.29 is 0 Å². The molecule has 13 heavy (non-hydrogen) atoms. The predicted octanol–water partition coefficient (Wildman–Crippen LogP) is 4.64. The molecule has 0 heterocycles. The third-order valence-electron chi connectivity index (χ3n) is 4.44. The van der Waals surface area contributed by atoms with Crippen LogP contribution in [0.3, 0.4) is 0 Å². The highest BCUT2D eigenvalue weighted by Crippen LogP contribution is 2.46. The van der Waals surface area contributed by atoms with Gasteiger partial charge in [0.05, 0.1) is 0 Å². The van der Waals surface area contributed by atoms with Crippen molar-refractivity contribution in [3.05, 3.63) is 0 Å². The zero-order valence-corrected chi connectivity index (χ0v) is 9.90. The molecule has 1 saturated carbocycles. The van der Waals surface area contributed by atoms with E-state index in [0.29, 0.717) is 5.41 Å². The Labute approximate surface area is 84.1 Å². The average molecular weight is 182 g/mol. The standard InChI is InChI=1S/C13H26/c1-5-11-8-9-13(4,7-3)10-12(11)6-2/h11-12H,5-10H2,1-4H3. The summed E-state index contributed by atoms with van der Waals surface area (Å²) in [5.41, 5.74) is 0.673. The SMILES string of the molecule is CCC1CCC(C)(CC)CC1CC. The Hall–Kier alpha value is 0. The normalized spacial score (nSPS) is 40.6. The molecule has 0 radical (unpaired) electrons. The van der Waals surface area contributed by atoms with Crippen molar-refractivity contribution in [3.8, 4) is 0 Å². The number of rotatable bonds is 3. The molecule has 0 amide bonds. The topological polar surface area (TPSA) is 0 Å². The van der Waals surface area contributed by atoms with E-state index >= 15 is 0 Å². The Kier molecular flexibility index (Phi) is 3.82. The van der Waals surface area contributed by atoms with Gasteiger partial charge < -0.3 is 0 Å². The van der Waals surface area contributed by atoms with Gasteiger partial charge in [-0.2, -0.15) is 0 Å². The van der Waals surface area contributed by atoms with Crippen molar-refractivity contribution in [2.75, 3.05) is 0 Å². The van der Waals surface area contributed by atoms with Crippen molar-refractivity contribution in [1.82, 2.24) is 0 Å². The minimum Gasteiger partial charge on any atom is -0.0651 e. The molecule has 0 bridgehead atoms. The van der Waals surface area contributed by atoms with E-state index in [4.69, 9.17) is 0 Å². The molecule has 0 aromatic heterocycles. The molecule has 0 aromatic rings. The van der Waals surface area contributed by atoms with E-state index in [1.807, 2.05) is 0 Å². The predicted molar refractivity (Wildman–Crippen MR) is 59.8 cm³/mol. The van der Waals surface area contributed by atoms with Gasteiger partial charge in [0.2, 0.25) is 0 Å². The lowest BCUT2D eigenvalue weighted by molar-refractivity contribution is 0.0931. The molecule has 0 heteroatoms. The van der Waals surface area contributed by atoms with Gasteiger partial charge >= 0.3 is 0 Å². The van der Waals surface area contributed by atoms with Crippen LogP contribution in [0.5, 0.6) is 0 Å². The van der Waals surface area contributed by atoms with Gasteiger partial charge in [0.1, 0.15) is 0 Å². The lowest BCUT2D eigenvalue weighted by Crippen LogP contribution is -2.30. The molecule has 0 saturated heterocycles. The summed E-state index contributed by atoms with van der Waals surface area (Å²) < 4.78 is 0. The van der Waals surface area contributed by atoms with E-state index in [-0.39, 0.29) is 0 Å². The Morgan fingerprint density at radius 1 is 1.08 bits per heavy atom. The van der Waals surface area contributed by atoms with Crippen molar-refractivity contribution in [2.45, 2.75) is 66.2 Å². The highest BCUT2D eigenvalue weighted by Gasteiger charge is 2.34. The minimum atomic E-state index is 0.673. The summed E-state index contributed by atoms with van der Waals surface area (Å²) in [6.45, 7) is 9.58. The van der Waals surface area contributed by atoms with E-state index in [9.17, 15) is 0 Å². The van der Waals surface area contributed by atoms with Crippen molar-refractivity contribution in [2.24, 2.45) is 17.3 Å². The first-order chi connectivity index (χ1) is 6.15. The van der Waals surface area contributed by atoms with E-state index in [0.717, 1.165) is 11.8 Å². The maximum absolute atomic E-state index is 2.49. The van der Waals surface area contributed by atoms with Gasteiger partial charge in [-0.1, -0.05) is 47.0 Å². The number of hydrogen-bond acceptors (Lipinski definition) is 0. The van der Waals surface area contributed by atoms with Crippen molar-refractivity contribution >= 4 is 0 Å². The monoisotopic (exact) mass is 182 g/mol. The van der Waals surface area contributed by atoms with Gasteiger partial charge in [-0.15, -0.1) is 0 Å². The minimum absolute atomic E-state index is 0.673. The molecule has 1 fully saturated rings. The largest absolute Gasteiger partial charge is 0.0651 e. The van der Waals surface area contributed by atoms with Crippen molar-refractivity contribution in [3.63, 3.8) is 0 Å². The van der Waals surface area contributed by atoms with Gasteiger partial charge in [0.25, 0.3) is 0 Å². The second-order valence-electron chi connectivity index (χ2n) is 5.24. The molecule has 1 aliphatic carbocycles. The summed E-state index contributed by atoms with van der Waals surface area (Å²) in [6, 6.07) is 0. The molecular formula is C13H26. The van der Waals surface area contributed by atoms with Crippen LogP contribution in [0, 0.1) is 17.3 Å².